The summed E-state index contributed by atoms with van der Waals surface area (Å²) in [5.74, 6) is 1.15. The standard InChI is InChI=1S/C16H22N2O2.ClH/c1-3-10-18(16(19)14-8-9-17-11-14)12-13-4-6-15(20-2)7-5-13;/h3-7,14,17H,1,8-12H2,2H3;1H. The van der Waals surface area contributed by atoms with Crippen LogP contribution in [0.25, 0.3) is 0 Å². The third-order valence-electron chi connectivity index (χ3n) is 3.60. The summed E-state index contributed by atoms with van der Waals surface area (Å²) in [5.41, 5.74) is 1.10. The minimum Gasteiger partial charge on any atom is -0.497 e. The number of ether oxygens (including phenoxy) is 1. The van der Waals surface area contributed by atoms with Gasteiger partial charge < -0.3 is 15.0 Å². The zero-order chi connectivity index (χ0) is 14.4. The molecule has 116 valence electrons. The van der Waals surface area contributed by atoms with Crippen LogP contribution in [0.2, 0.25) is 0 Å². The lowest BCUT2D eigenvalue weighted by molar-refractivity contribution is -0.135. The Labute approximate surface area is 132 Å². The summed E-state index contributed by atoms with van der Waals surface area (Å²) in [4.78, 5) is 14.3. The second kappa shape index (κ2) is 8.70. The van der Waals surface area contributed by atoms with E-state index in [1.165, 1.54) is 0 Å². The molecule has 21 heavy (non-hydrogen) atoms. The van der Waals surface area contributed by atoms with Gasteiger partial charge in [0.15, 0.2) is 0 Å². The summed E-state index contributed by atoms with van der Waals surface area (Å²) < 4.78 is 5.15. The number of hydrogen-bond donors (Lipinski definition) is 1. The zero-order valence-electron chi connectivity index (χ0n) is 12.4. The van der Waals surface area contributed by atoms with Gasteiger partial charge in [-0.2, -0.15) is 0 Å². The first-order valence-electron chi connectivity index (χ1n) is 6.98. The van der Waals surface area contributed by atoms with Gasteiger partial charge in [0.05, 0.1) is 13.0 Å². The molecule has 5 heteroatoms. The van der Waals surface area contributed by atoms with E-state index in [0.29, 0.717) is 13.1 Å². The van der Waals surface area contributed by atoms with Crippen LogP contribution >= 0.6 is 12.4 Å². The maximum Gasteiger partial charge on any atom is 0.227 e. The fraction of sp³-hybridized carbons (Fsp3) is 0.438. The Morgan fingerprint density at radius 1 is 1.48 bits per heavy atom. The molecule has 4 nitrogen and oxygen atoms in total. The van der Waals surface area contributed by atoms with Crippen molar-refractivity contribution in [3.63, 3.8) is 0 Å². The Hall–Kier alpha value is -1.52. The van der Waals surface area contributed by atoms with Crippen LogP contribution in [0.4, 0.5) is 0 Å². The number of amides is 1. The number of carbonyl (C=O) groups is 1. The largest absolute Gasteiger partial charge is 0.497 e. The minimum atomic E-state index is 0. The third kappa shape index (κ3) is 4.76. The monoisotopic (exact) mass is 310 g/mol. The van der Waals surface area contributed by atoms with E-state index < -0.39 is 0 Å². The Morgan fingerprint density at radius 2 is 2.19 bits per heavy atom. The molecule has 1 aliphatic heterocycles. The predicted octanol–water partition coefficient (Wildman–Crippen LogP) is 2.24. The highest BCUT2D eigenvalue weighted by atomic mass is 35.5. The van der Waals surface area contributed by atoms with Gasteiger partial charge in [-0.3, -0.25) is 4.79 Å². The molecule has 0 radical (unpaired) electrons. The van der Waals surface area contributed by atoms with Crippen molar-refractivity contribution in [3.8, 4) is 5.75 Å². The van der Waals surface area contributed by atoms with Crippen molar-refractivity contribution in [2.75, 3.05) is 26.7 Å². The highest BCUT2D eigenvalue weighted by molar-refractivity contribution is 5.85. The van der Waals surface area contributed by atoms with Crippen LogP contribution in [0, 0.1) is 5.92 Å². The average Bonchev–Trinajstić information content (AvgIpc) is 3.01. The van der Waals surface area contributed by atoms with Gasteiger partial charge in [0, 0.05) is 19.6 Å². The first-order chi connectivity index (χ1) is 9.74. The molecule has 0 spiro atoms. The number of hydrogen-bond acceptors (Lipinski definition) is 3. The molecule has 0 aromatic heterocycles. The molecule has 1 aromatic rings. The third-order valence-corrected chi connectivity index (χ3v) is 3.60. The molecule has 1 aromatic carbocycles. The Bertz CT molecular complexity index is 456. The van der Waals surface area contributed by atoms with Crippen LogP contribution in [-0.2, 0) is 11.3 Å². The van der Waals surface area contributed by atoms with Gasteiger partial charge in [0.1, 0.15) is 5.75 Å². The molecule has 1 amide bonds. The van der Waals surface area contributed by atoms with Gasteiger partial charge in [-0.05, 0) is 30.7 Å². The highest BCUT2D eigenvalue weighted by Gasteiger charge is 2.26. The van der Waals surface area contributed by atoms with Crippen LogP contribution in [-0.4, -0.2) is 37.6 Å². The molecule has 1 saturated heterocycles. The first kappa shape index (κ1) is 17.5. The fourth-order valence-electron chi connectivity index (χ4n) is 2.46. The lowest BCUT2D eigenvalue weighted by atomic mass is 10.1. The van der Waals surface area contributed by atoms with E-state index in [1.54, 1.807) is 13.2 Å². The van der Waals surface area contributed by atoms with Crippen LogP contribution in [0.1, 0.15) is 12.0 Å². The van der Waals surface area contributed by atoms with Gasteiger partial charge in [0.2, 0.25) is 5.91 Å². The molecule has 1 N–H and O–H groups in total. The maximum atomic E-state index is 12.5. The topological polar surface area (TPSA) is 41.6 Å². The molecular formula is C16H23ClN2O2. The number of nitrogens with one attached hydrogen (secondary N) is 1. The van der Waals surface area contributed by atoms with E-state index in [4.69, 9.17) is 4.74 Å². The lowest BCUT2D eigenvalue weighted by Gasteiger charge is -2.24. The highest BCUT2D eigenvalue weighted by Crippen LogP contribution is 2.16. The van der Waals surface area contributed by atoms with Gasteiger partial charge in [-0.15, -0.1) is 19.0 Å². The summed E-state index contributed by atoms with van der Waals surface area (Å²) in [6.07, 6.45) is 2.71. The van der Waals surface area contributed by atoms with Crippen molar-refractivity contribution in [1.29, 1.82) is 0 Å². The second-order valence-corrected chi connectivity index (χ2v) is 5.05. The number of carbonyl (C=O) groups excluding carboxylic acids is 1. The quantitative estimate of drug-likeness (QED) is 0.819. The molecule has 1 unspecified atom stereocenters. The summed E-state index contributed by atoms with van der Waals surface area (Å²) in [6, 6.07) is 7.83. The summed E-state index contributed by atoms with van der Waals surface area (Å²) >= 11 is 0. The zero-order valence-corrected chi connectivity index (χ0v) is 13.2. The van der Waals surface area contributed by atoms with E-state index in [0.717, 1.165) is 30.8 Å². The van der Waals surface area contributed by atoms with Crippen LogP contribution < -0.4 is 10.1 Å². The van der Waals surface area contributed by atoms with Gasteiger partial charge in [0.25, 0.3) is 0 Å². The minimum absolute atomic E-state index is 0. The number of methoxy groups -OCH3 is 1. The SMILES string of the molecule is C=CCN(Cc1ccc(OC)cc1)C(=O)C1CCNC1.Cl. The van der Waals surface area contributed by atoms with E-state index in [1.807, 2.05) is 29.2 Å². The van der Waals surface area contributed by atoms with Crippen molar-refractivity contribution in [3.05, 3.63) is 42.5 Å². The number of halogens is 1. The smallest absolute Gasteiger partial charge is 0.227 e. The normalized spacial score (nSPS) is 16.9. The van der Waals surface area contributed by atoms with Crippen LogP contribution in [0.3, 0.4) is 0 Å². The molecule has 1 atom stereocenters. The molecule has 0 aliphatic carbocycles. The molecule has 0 bridgehead atoms. The molecule has 1 heterocycles. The van der Waals surface area contributed by atoms with Gasteiger partial charge in [-0.1, -0.05) is 18.2 Å². The van der Waals surface area contributed by atoms with Crippen molar-refractivity contribution < 1.29 is 9.53 Å². The molecule has 0 saturated carbocycles. The number of nitrogens with zero attached hydrogens (tertiary/aromatic N) is 1. The van der Waals surface area contributed by atoms with E-state index in [2.05, 4.69) is 11.9 Å². The number of benzene rings is 1. The second-order valence-electron chi connectivity index (χ2n) is 5.05. The van der Waals surface area contributed by atoms with E-state index >= 15 is 0 Å². The number of rotatable bonds is 6. The Morgan fingerprint density at radius 3 is 2.71 bits per heavy atom. The Kier molecular flexibility index (Phi) is 7.26. The van der Waals surface area contributed by atoms with Crippen LogP contribution in [0.15, 0.2) is 36.9 Å². The Balaban J connectivity index is 0.00000220. The van der Waals surface area contributed by atoms with E-state index in [-0.39, 0.29) is 24.2 Å². The molecular weight excluding hydrogens is 288 g/mol. The molecule has 2 rings (SSSR count). The summed E-state index contributed by atoms with van der Waals surface area (Å²) in [5, 5.41) is 3.24. The van der Waals surface area contributed by atoms with Crippen LogP contribution in [0.5, 0.6) is 5.75 Å². The summed E-state index contributed by atoms with van der Waals surface area (Å²) in [7, 11) is 1.65. The predicted molar refractivity (Wildman–Crippen MR) is 86.8 cm³/mol. The lowest BCUT2D eigenvalue weighted by Crippen LogP contribution is -2.36. The first-order valence-corrected chi connectivity index (χ1v) is 6.98. The van der Waals surface area contributed by atoms with Crippen molar-refractivity contribution in [2.24, 2.45) is 5.92 Å². The van der Waals surface area contributed by atoms with E-state index in [9.17, 15) is 4.79 Å². The van der Waals surface area contributed by atoms with Crippen molar-refractivity contribution in [2.45, 2.75) is 13.0 Å². The van der Waals surface area contributed by atoms with Gasteiger partial charge >= 0.3 is 0 Å². The fourth-order valence-corrected chi connectivity index (χ4v) is 2.46. The molecule has 1 aliphatic rings. The maximum absolute atomic E-state index is 12.5. The summed E-state index contributed by atoms with van der Waals surface area (Å²) in [6.45, 7) is 6.67. The average molecular weight is 311 g/mol. The van der Waals surface area contributed by atoms with Crippen molar-refractivity contribution in [1.82, 2.24) is 10.2 Å². The van der Waals surface area contributed by atoms with Gasteiger partial charge in [-0.25, -0.2) is 0 Å². The molecule has 1 fully saturated rings. The van der Waals surface area contributed by atoms with Crippen molar-refractivity contribution >= 4 is 18.3 Å².